The van der Waals surface area contributed by atoms with Gasteiger partial charge in [0.25, 0.3) is 0 Å². The highest BCUT2D eigenvalue weighted by Crippen LogP contribution is 2.28. The normalized spacial score (nSPS) is 13.0. The van der Waals surface area contributed by atoms with Crippen molar-refractivity contribution in [2.75, 3.05) is 5.32 Å². The molecule has 0 radical (unpaired) electrons. The molecule has 7 heteroatoms. The molecule has 2 rings (SSSR count). The number of hydrogen-bond acceptors (Lipinski definition) is 3. The van der Waals surface area contributed by atoms with E-state index in [1.165, 1.54) is 18.2 Å². The molecule has 1 unspecified atom stereocenters. The van der Waals surface area contributed by atoms with E-state index in [1.54, 1.807) is 0 Å². The van der Waals surface area contributed by atoms with Crippen LogP contribution in [0.2, 0.25) is 0 Å². The zero-order chi connectivity index (χ0) is 15.5. The second-order valence-electron chi connectivity index (χ2n) is 4.44. The molecule has 0 aliphatic heterocycles. The van der Waals surface area contributed by atoms with Crippen LogP contribution in [0.25, 0.3) is 0 Å². The lowest BCUT2D eigenvalue weighted by atomic mass is 10.1. The summed E-state index contributed by atoms with van der Waals surface area (Å²) in [4.78, 5) is 7.34. The summed E-state index contributed by atoms with van der Waals surface area (Å²) in [7, 11) is 0. The van der Waals surface area contributed by atoms with Crippen LogP contribution in [-0.2, 0) is 6.18 Å². The number of halogens is 4. The van der Waals surface area contributed by atoms with E-state index in [0.29, 0.717) is 17.8 Å². The van der Waals surface area contributed by atoms with Crippen LogP contribution in [0.4, 0.5) is 23.2 Å². The summed E-state index contributed by atoms with van der Waals surface area (Å²) >= 11 is 0. The van der Waals surface area contributed by atoms with Crippen LogP contribution in [0.3, 0.4) is 0 Å². The van der Waals surface area contributed by atoms with Crippen LogP contribution < -0.4 is 5.32 Å². The summed E-state index contributed by atoms with van der Waals surface area (Å²) in [6, 6.07) is 4.81. The summed E-state index contributed by atoms with van der Waals surface area (Å²) in [5.41, 5.74) is 0.112. The topological polar surface area (TPSA) is 37.8 Å². The second kappa shape index (κ2) is 6.07. The van der Waals surface area contributed by atoms with Crippen LogP contribution in [0.5, 0.6) is 0 Å². The maximum absolute atomic E-state index is 12.8. The fraction of sp³-hybridized carbons (Fsp3) is 0.286. The Balaban J connectivity index is 2.13. The van der Waals surface area contributed by atoms with Gasteiger partial charge in [0, 0.05) is 0 Å². The first-order valence-electron chi connectivity index (χ1n) is 6.31. The standard InChI is InChI=1S/C14H13F4N3/c1-2-11(12-5-3-9(15)7-19-12)21-10-4-6-13(20-8-10)14(16,17)18/h3-8,11,21H,2H2,1H3. The Kier molecular flexibility index (Phi) is 4.40. The number of pyridine rings is 2. The lowest BCUT2D eigenvalue weighted by molar-refractivity contribution is -0.141. The van der Waals surface area contributed by atoms with E-state index in [1.807, 2.05) is 6.92 Å². The smallest absolute Gasteiger partial charge is 0.375 e. The summed E-state index contributed by atoms with van der Waals surface area (Å²) in [6.07, 6.45) is -1.60. The Labute approximate surface area is 119 Å². The fourth-order valence-electron chi connectivity index (χ4n) is 1.83. The number of aromatic nitrogens is 2. The molecular weight excluding hydrogens is 286 g/mol. The van der Waals surface area contributed by atoms with Crippen molar-refractivity contribution in [3.05, 3.63) is 53.9 Å². The molecular formula is C14H13F4N3. The summed E-state index contributed by atoms with van der Waals surface area (Å²) in [6.45, 7) is 1.89. The van der Waals surface area contributed by atoms with Crippen LogP contribution in [-0.4, -0.2) is 9.97 Å². The highest BCUT2D eigenvalue weighted by molar-refractivity contribution is 5.43. The molecule has 3 nitrogen and oxygen atoms in total. The van der Waals surface area contributed by atoms with Gasteiger partial charge < -0.3 is 5.32 Å². The number of rotatable bonds is 4. The molecule has 2 aromatic heterocycles. The largest absolute Gasteiger partial charge is 0.433 e. The number of hydrogen-bond donors (Lipinski definition) is 1. The molecule has 0 aromatic carbocycles. The number of alkyl halides is 3. The van der Waals surface area contributed by atoms with Crippen molar-refractivity contribution < 1.29 is 17.6 Å². The first-order valence-corrected chi connectivity index (χ1v) is 6.31. The van der Waals surface area contributed by atoms with E-state index >= 15 is 0 Å². The number of nitrogens with zero attached hydrogens (tertiary/aromatic N) is 2. The lowest BCUT2D eigenvalue weighted by Crippen LogP contribution is -2.13. The van der Waals surface area contributed by atoms with E-state index in [4.69, 9.17) is 0 Å². The zero-order valence-electron chi connectivity index (χ0n) is 11.2. The number of nitrogens with one attached hydrogen (secondary N) is 1. The van der Waals surface area contributed by atoms with Gasteiger partial charge in [-0.1, -0.05) is 6.92 Å². The van der Waals surface area contributed by atoms with Gasteiger partial charge in [0.15, 0.2) is 0 Å². The predicted molar refractivity (Wildman–Crippen MR) is 70.1 cm³/mol. The van der Waals surface area contributed by atoms with Crippen molar-refractivity contribution >= 4 is 5.69 Å². The average molecular weight is 299 g/mol. The molecule has 0 amide bonds. The summed E-state index contributed by atoms with van der Waals surface area (Å²) in [5.74, 6) is -0.440. The van der Waals surface area contributed by atoms with Gasteiger partial charge in [-0.3, -0.25) is 4.98 Å². The lowest BCUT2D eigenvalue weighted by Gasteiger charge is -2.18. The summed E-state index contributed by atoms with van der Waals surface area (Å²) < 4.78 is 50.1. The molecule has 0 aliphatic carbocycles. The van der Waals surface area contributed by atoms with Crippen LogP contribution in [0.1, 0.15) is 30.8 Å². The third-order valence-electron chi connectivity index (χ3n) is 2.91. The minimum Gasteiger partial charge on any atom is -0.375 e. The van der Waals surface area contributed by atoms with Gasteiger partial charge in [0.2, 0.25) is 0 Å². The second-order valence-corrected chi connectivity index (χ2v) is 4.44. The molecule has 2 heterocycles. The predicted octanol–water partition coefficient (Wildman–Crippen LogP) is 4.20. The van der Waals surface area contributed by atoms with Crippen molar-refractivity contribution in [3.8, 4) is 0 Å². The maximum Gasteiger partial charge on any atom is 0.433 e. The average Bonchev–Trinajstić information content (AvgIpc) is 2.45. The third-order valence-corrected chi connectivity index (χ3v) is 2.91. The van der Waals surface area contributed by atoms with Crippen molar-refractivity contribution in [2.45, 2.75) is 25.6 Å². The van der Waals surface area contributed by atoms with Crippen LogP contribution in [0.15, 0.2) is 36.7 Å². The van der Waals surface area contributed by atoms with Crippen molar-refractivity contribution in [2.24, 2.45) is 0 Å². The van der Waals surface area contributed by atoms with Gasteiger partial charge in [-0.25, -0.2) is 9.37 Å². The highest BCUT2D eigenvalue weighted by atomic mass is 19.4. The molecule has 1 N–H and O–H groups in total. The number of anilines is 1. The van der Waals surface area contributed by atoms with Gasteiger partial charge in [0.1, 0.15) is 11.5 Å². The zero-order valence-corrected chi connectivity index (χ0v) is 11.2. The Morgan fingerprint density at radius 3 is 2.33 bits per heavy atom. The minimum absolute atomic E-state index is 0.232. The van der Waals surface area contributed by atoms with E-state index in [2.05, 4.69) is 15.3 Å². The SMILES string of the molecule is CCC(Nc1ccc(C(F)(F)F)nc1)c1ccc(F)cn1. The quantitative estimate of drug-likeness (QED) is 0.860. The van der Waals surface area contributed by atoms with Crippen LogP contribution in [0, 0.1) is 5.82 Å². The van der Waals surface area contributed by atoms with Gasteiger partial charge in [-0.2, -0.15) is 13.2 Å². The molecule has 112 valence electrons. The van der Waals surface area contributed by atoms with Gasteiger partial charge in [-0.15, -0.1) is 0 Å². The van der Waals surface area contributed by atoms with Crippen molar-refractivity contribution in [3.63, 3.8) is 0 Å². The first kappa shape index (κ1) is 15.2. The van der Waals surface area contributed by atoms with Gasteiger partial charge >= 0.3 is 6.18 Å². The van der Waals surface area contributed by atoms with Gasteiger partial charge in [0.05, 0.1) is 29.8 Å². The molecule has 1 atom stereocenters. The molecule has 0 aliphatic rings. The third kappa shape index (κ3) is 3.90. The molecule has 0 saturated heterocycles. The Hall–Kier alpha value is -2.18. The van der Waals surface area contributed by atoms with E-state index in [-0.39, 0.29) is 6.04 Å². The van der Waals surface area contributed by atoms with E-state index in [0.717, 1.165) is 18.5 Å². The Bertz CT molecular complexity index is 579. The van der Waals surface area contributed by atoms with Crippen LogP contribution >= 0.6 is 0 Å². The van der Waals surface area contributed by atoms with Crippen molar-refractivity contribution in [1.29, 1.82) is 0 Å². The molecule has 0 fully saturated rings. The van der Waals surface area contributed by atoms with Crippen molar-refractivity contribution in [1.82, 2.24) is 9.97 Å². The molecule has 0 spiro atoms. The minimum atomic E-state index is -4.46. The molecule has 0 saturated carbocycles. The molecule has 2 aromatic rings. The first-order chi connectivity index (χ1) is 9.90. The fourth-order valence-corrected chi connectivity index (χ4v) is 1.83. The highest BCUT2D eigenvalue weighted by Gasteiger charge is 2.32. The van der Waals surface area contributed by atoms with E-state index < -0.39 is 17.7 Å². The monoisotopic (exact) mass is 299 g/mol. The van der Waals surface area contributed by atoms with E-state index in [9.17, 15) is 17.6 Å². The summed E-state index contributed by atoms with van der Waals surface area (Å²) in [5, 5.41) is 3.03. The molecule has 21 heavy (non-hydrogen) atoms. The Morgan fingerprint density at radius 2 is 1.86 bits per heavy atom. The van der Waals surface area contributed by atoms with Gasteiger partial charge in [-0.05, 0) is 30.7 Å². The maximum atomic E-state index is 12.8. The Morgan fingerprint density at radius 1 is 1.10 bits per heavy atom. The molecule has 0 bridgehead atoms.